The van der Waals surface area contributed by atoms with E-state index in [4.69, 9.17) is 4.74 Å². The van der Waals surface area contributed by atoms with Crippen LogP contribution in [0, 0.1) is 5.41 Å². The summed E-state index contributed by atoms with van der Waals surface area (Å²) in [7, 11) is 1.68. The van der Waals surface area contributed by atoms with Gasteiger partial charge in [0.2, 0.25) is 5.91 Å². The minimum absolute atomic E-state index is 0.0244. The van der Waals surface area contributed by atoms with E-state index in [0.29, 0.717) is 19.6 Å². The van der Waals surface area contributed by atoms with Gasteiger partial charge >= 0.3 is 0 Å². The highest BCUT2D eigenvalue weighted by molar-refractivity contribution is 5.75. The first-order valence-corrected chi connectivity index (χ1v) is 5.27. The lowest BCUT2D eigenvalue weighted by atomic mass is 9.95. The van der Waals surface area contributed by atoms with Crippen molar-refractivity contribution in [3.8, 4) is 0 Å². The summed E-state index contributed by atoms with van der Waals surface area (Å²) in [5.74, 6) is 0.149. The SMILES string of the molecule is CCCCC(=O)NCC(C)(C)COC. The molecule has 1 amide bonds. The van der Waals surface area contributed by atoms with Crippen molar-refractivity contribution >= 4 is 5.91 Å². The second kappa shape index (κ2) is 6.82. The van der Waals surface area contributed by atoms with Gasteiger partial charge in [-0.2, -0.15) is 0 Å². The highest BCUT2D eigenvalue weighted by atomic mass is 16.5. The molecule has 0 aromatic heterocycles. The van der Waals surface area contributed by atoms with Crippen molar-refractivity contribution in [3.05, 3.63) is 0 Å². The number of rotatable bonds is 7. The van der Waals surface area contributed by atoms with Crippen molar-refractivity contribution in [1.82, 2.24) is 5.32 Å². The molecule has 0 aromatic rings. The predicted octanol–water partition coefficient (Wildman–Crippen LogP) is 1.97. The number of hydrogen-bond acceptors (Lipinski definition) is 2. The number of amides is 1. The third-order valence-corrected chi connectivity index (χ3v) is 2.06. The van der Waals surface area contributed by atoms with Crippen molar-refractivity contribution in [2.24, 2.45) is 5.41 Å². The second-order valence-corrected chi connectivity index (χ2v) is 4.48. The van der Waals surface area contributed by atoms with Crippen LogP contribution in [0.25, 0.3) is 0 Å². The quantitative estimate of drug-likeness (QED) is 0.684. The smallest absolute Gasteiger partial charge is 0.220 e. The molecule has 0 unspecified atom stereocenters. The van der Waals surface area contributed by atoms with Crippen molar-refractivity contribution < 1.29 is 9.53 Å². The summed E-state index contributed by atoms with van der Waals surface area (Å²) in [5.41, 5.74) is 0.0244. The molecule has 14 heavy (non-hydrogen) atoms. The Kier molecular flexibility index (Phi) is 6.54. The third-order valence-electron chi connectivity index (χ3n) is 2.06. The van der Waals surface area contributed by atoms with Gasteiger partial charge in [-0.05, 0) is 6.42 Å². The average molecular weight is 201 g/mol. The fourth-order valence-electron chi connectivity index (χ4n) is 1.21. The van der Waals surface area contributed by atoms with Crippen LogP contribution >= 0.6 is 0 Å². The Morgan fingerprint density at radius 2 is 2.07 bits per heavy atom. The molecule has 0 rings (SSSR count). The number of methoxy groups -OCH3 is 1. The summed E-state index contributed by atoms with van der Waals surface area (Å²) in [4.78, 5) is 11.3. The number of carbonyl (C=O) groups is 1. The molecule has 0 saturated carbocycles. The summed E-state index contributed by atoms with van der Waals surface area (Å²) in [6, 6.07) is 0. The van der Waals surface area contributed by atoms with E-state index < -0.39 is 0 Å². The van der Waals surface area contributed by atoms with Gasteiger partial charge in [0.25, 0.3) is 0 Å². The zero-order chi connectivity index (χ0) is 11.0. The maximum Gasteiger partial charge on any atom is 0.220 e. The highest BCUT2D eigenvalue weighted by Gasteiger charge is 2.18. The van der Waals surface area contributed by atoms with Gasteiger partial charge in [-0.3, -0.25) is 4.79 Å². The van der Waals surface area contributed by atoms with E-state index in [-0.39, 0.29) is 11.3 Å². The predicted molar refractivity (Wildman–Crippen MR) is 58.2 cm³/mol. The Hall–Kier alpha value is -0.570. The molecule has 0 spiro atoms. The molecule has 0 saturated heterocycles. The third kappa shape index (κ3) is 6.89. The molecule has 0 bridgehead atoms. The molecule has 0 radical (unpaired) electrons. The molecule has 0 aliphatic rings. The zero-order valence-electron chi connectivity index (χ0n) is 9.85. The summed E-state index contributed by atoms with van der Waals surface area (Å²) < 4.78 is 5.07. The topological polar surface area (TPSA) is 38.3 Å². The maximum absolute atomic E-state index is 11.3. The number of nitrogens with one attached hydrogen (secondary N) is 1. The van der Waals surface area contributed by atoms with Gasteiger partial charge in [0.15, 0.2) is 0 Å². The Morgan fingerprint density at radius 3 is 2.57 bits per heavy atom. The molecule has 0 aromatic carbocycles. The van der Waals surface area contributed by atoms with Gasteiger partial charge in [0.05, 0.1) is 6.61 Å². The van der Waals surface area contributed by atoms with Crippen LogP contribution in [0.5, 0.6) is 0 Å². The van der Waals surface area contributed by atoms with Crippen molar-refractivity contribution in [3.63, 3.8) is 0 Å². The minimum atomic E-state index is 0.0244. The molecule has 3 heteroatoms. The zero-order valence-corrected chi connectivity index (χ0v) is 9.85. The summed E-state index contributed by atoms with van der Waals surface area (Å²) in [6.45, 7) is 7.60. The average Bonchev–Trinajstić information content (AvgIpc) is 2.11. The fraction of sp³-hybridized carbons (Fsp3) is 0.909. The molecule has 0 heterocycles. The lowest BCUT2D eigenvalue weighted by molar-refractivity contribution is -0.121. The van der Waals surface area contributed by atoms with Crippen LogP contribution in [0.3, 0.4) is 0 Å². The van der Waals surface area contributed by atoms with Crippen LogP contribution in [0.1, 0.15) is 40.0 Å². The largest absolute Gasteiger partial charge is 0.384 e. The lowest BCUT2D eigenvalue weighted by Crippen LogP contribution is -2.36. The number of unbranched alkanes of at least 4 members (excludes halogenated alkanes) is 1. The first-order valence-electron chi connectivity index (χ1n) is 5.27. The number of hydrogen-bond donors (Lipinski definition) is 1. The first-order chi connectivity index (χ1) is 6.52. The maximum atomic E-state index is 11.3. The van der Waals surface area contributed by atoms with Gasteiger partial charge in [-0.25, -0.2) is 0 Å². The Morgan fingerprint density at radius 1 is 1.43 bits per heavy atom. The molecule has 0 aliphatic heterocycles. The Labute approximate surface area is 87.2 Å². The number of ether oxygens (including phenoxy) is 1. The summed E-state index contributed by atoms with van der Waals surface area (Å²) in [5, 5.41) is 2.92. The standard InChI is InChI=1S/C11H23NO2/c1-5-6-7-10(13)12-8-11(2,3)9-14-4/h5-9H2,1-4H3,(H,12,13). The number of carbonyl (C=O) groups excluding carboxylic acids is 1. The van der Waals surface area contributed by atoms with Gasteiger partial charge in [0, 0.05) is 25.5 Å². The van der Waals surface area contributed by atoms with Crippen LogP contribution in [0.15, 0.2) is 0 Å². The van der Waals surface area contributed by atoms with E-state index in [1.807, 2.05) is 0 Å². The van der Waals surface area contributed by atoms with E-state index in [2.05, 4.69) is 26.1 Å². The van der Waals surface area contributed by atoms with Crippen molar-refractivity contribution in [1.29, 1.82) is 0 Å². The van der Waals surface area contributed by atoms with Crippen molar-refractivity contribution in [2.75, 3.05) is 20.3 Å². The van der Waals surface area contributed by atoms with Crippen LogP contribution in [-0.4, -0.2) is 26.2 Å². The molecule has 0 aliphatic carbocycles. The van der Waals surface area contributed by atoms with E-state index >= 15 is 0 Å². The summed E-state index contributed by atoms with van der Waals surface area (Å²) >= 11 is 0. The van der Waals surface area contributed by atoms with Gasteiger partial charge in [0.1, 0.15) is 0 Å². The molecule has 84 valence electrons. The molecule has 0 atom stereocenters. The van der Waals surface area contributed by atoms with E-state index in [1.54, 1.807) is 7.11 Å². The molecule has 0 fully saturated rings. The van der Waals surface area contributed by atoms with Crippen molar-refractivity contribution in [2.45, 2.75) is 40.0 Å². The van der Waals surface area contributed by atoms with E-state index in [1.165, 1.54) is 0 Å². The second-order valence-electron chi connectivity index (χ2n) is 4.48. The Bertz CT molecular complexity index is 167. The monoisotopic (exact) mass is 201 g/mol. The first kappa shape index (κ1) is 13.4. The van der Waals surface area contributed by atoms with Gasteiger partial charge < -0.3 is 10.1 Å². The van der Waals surface area contributed by atoms with Crippen LogP contribution < -0.4 is 5.32 Å². The highest BCUT2D eigenvalue weighted by Crippen LogP contribution is 2.13. The molecule has 1 N–H and O–H groups in total. The summed E-state index contributed by atoms with van der Waals surface area (Å²) in [6.07, 6.45) is 2.67. The molecular weight excluding hydrogens is 178 g/mol. The van der Waals surface area contributed by atoms with E-state index in [0.717, 1.165) is 12.8 Å². The minimum Gasteiger partial charge on any atom is -0.384 e. The van der Waals surface area contributed by atoms with Crippen LogP contribution in [-0.2, 0) is 9.53 Å². The van der Waals surface area contributed by atoms with Gasteiger partial charge in [-0.1, -0.05) is 27.2 Å². The Balaban J connectivity index is 3.64. The van der Waals surface area contributed by atoms with Gasteiger partial charge in [-0.15, -0.1) is 0 Å². The molecular formula is C11H23NO2. The van der Waals surface area contributed by atoms with Crippen LogP contribution in [0.4, 0.5) is 0 Å². The van der Waals surface area contributed by atoms with E-state index in [9.17, 15) is 4.79 Å². The lowest BCUT2D eigenvalue weighted by Gasteiger charge is -2.23. The van der Waals surface area contributed by atoms with Crippen LogP contribution in [0.2, 0.25) is 0 Å². The molecule has 3 nitrogen and oxygen atoms in total. The normalized spacial score (nSPS) is 11.4. The fourth-order valence-corrected chi connectivity index (χ4v) is 1.21.